The van der Waals surface area contributed by atoms with E-state index in [1.165, 1.54) is 38.5 Å². The topological polar surface area (TPSA) is 20.3 Å². The van der Waals surface area contributed by atoms with Gasteiger partial charge in [0.2, 0.25) is 5.91 Å². The second kappa shape index (κ2) is 13.5. The van der Waals surface area contributed by atoms with E-state index in [-0.39, 0.29) is 0 Å². The molecule has 0 rings (SSSR count). The molecule has 0 aromatic rings. The molecular weight excluding hydrogens is 246 g/mol. The minimum absolute atomic E-state index is 0.385. The SMILES string of the molecule is CCCCN(CCCC)C(=O)CCCCCCC(C)C. The summed E-state index contributed by atoms with van der Waals surface area (Å²) in [4.78, 5) is 14.3. The van der Waals surface area contributed by atoms with Crippen LogP contribution in [0, 0.1) is 5.92 Å². The Morgan fingerprint density at radius 3 is 1.90 bits per heavy atom. The molecule has 0 N–H and O–H groups in total. The van der Waals surface area contributed by atoms with Gasteiger partial charge in [-0.15, -0.1) is 0 Å². The van der Waals surface area contributed by atoms with Crippen LogP contribution >= 0.6 is 0 Å². The van der Waals surface area contributed by atoms with Gasteiger partial charge in [-0.05, 0) is 25.2 Å². The van der Waals surface area contributed by atoms with Gasteiger partial charge in [-0.1, -0.05) is 66.2 Å². The first-order valence-corrected chi connectivity index (χ1v) is 8.89. The zero-order chi connectivity index (χ0) is 15.2. The Balaban J connectivity index is 3.76. The second-order valence-electron chi connectivity index (χ2n) is 6.43. The second-order valence-corrected chi connectivity index (χ2v) is 6.43. The molecule has 2 nitrogen and oxygen atoms in total. The van der Waals surface area contributed by atoms with Crippen LogP contribution in [0.25, 0.3) is 0 Å². The van der Waals surface area contributed by atoms with E-state index in [9.17, 15) is 4.79 Å². The lowest BCUT2D eigenvalue weighted by molar-refractivity contribution is -0.131. The molecule has 0 fully saturated rings. The molecule has 1 amide bonds. The molecule has 0 aromatic heterocycles. The molecule has 0 spiro atoms. The quantitative estimate of drug-likeness (QED) is 0.414. The fourth-order valence-corrected chi connectivity index (χ4v) is 2.40. The smallest absolute Gasteiger partial charge is 0.222 e. The van der Waals surface area contributed by atoms with Crippen molar-refractivity contribution in [2.75, 3.05) is 13.1 Å². The van der Waals surface area contributed by atoms with Crippen molar-refractivity contribution in [1.29, 1.82) is 0 Å². The number of amides is 1. The van der Waals surface area contributed by atoms with Gasteiger partial charge in [0.05, 0.1) is 0 Å². The molecule has 0 bridgehead atoms. The van der Waals surface area contributed by atoms with Crippen LogP contribution in [0.3, 0.4) is 0 Å². The van der Waals surface area contributed by atoms with Crippen LogP contribution < -0.4 is 0 Å². The predicted molar refractivity (Wildman–Crippen MR) is 88.9 cm³/mol. The minimum Gasteiger partial charge on any atom is -0.343 e. The molecule has 120 valence electrons. The number of unbranched alkanes of at least 4 members (excludes halogenated alkanes) is 5. The predicted octanol–water partition coefficient (Wildman–Crippen LogP) is 5.41. The average Bonchev–Trinajstić information content (AvgIpc) is 2.42. The molecule has 0 aliphatic heterocycles. The van der Waals surface area contributed by atoms with E-state index in [2.05, 4.69) is 32.6 Å². The average molecular weight is 283 g/mol. The van der Waals surface area contributed by atoms with E-state index < -0.39 is 0 Å². The van der Waals surface area contributed by atoms with E-state index in [1.54, 1.807) is 0 Å². The summed E-state index contributed by atoms with van der Waals surface area (Å²) < 4.78 is 0. The Morgan fingerprint density at radius 1 is 0.850 bits per heavy atom. The normalized spacial score (nSPS) is 11.1. The summed E-state index contributed by atoms with van der Waals surface area (Å²) in [5, 5.41) is 0. The van der Waals surface area contributed by atoms with Gasteiger partial charge < -0.3 is 4.90 Å². The summed E-state index contributed by atoms with van der Waals surface area (Å²) in [5.41, 5.74) is 0. The fraction of sp³-hybridized carbons (Fsp3) is 0.944. The van der Waals surface area contributed by atoms with E-state index in [0.29, 0.717) is 5.91 Å². The molecule has 0 atom stereocenters. The highest BCUT2D eigenvalue weighted by Gasteiger charge is 2.11. The van der Waals surface area contributed by atoms with Gasteiger partial charge in [-0.2, -0.15) is 0 Å². The van der Waals surface area contributed by atoms with Gasteiger partial charge in [0, 0.05) is 19.5 Å². The summed E-state index contributed by atoms with van der Waals surface area (Å²) in [6, 6.07) is 0. The van der Waals surface area contributed by atoms with Gasteiger partial charge in [-0.3, -0.25) is 4.79 Å². The monoisotopic (exact) mass is 283 g/mol. The Hall–Kier alpha value is -0.530. The third-order valence-corrected chi connectivity index (χ3v) is 3.84. The Labute approximate surface area is 127 Å². The summed E-state index contributed by atoms with van der Waals surface area (Å²) >= 11 is 0. The lowest BCUT2D eigenvalue weighted by Crippen LogP contribution is -2.32. The Bertz CT molecular complexity index is 217. The van der Waals surface area contributed by atoms with Crippen molar-refractivity contribution in [1.82, 2.24) is 4.90 Å². The highest BCUT2D eigenvalue weighted by Crippen LogP contribution is 2.12. The molecule has 0 radical (unpaired) electrons. The zero-order valence-corrected chi connectivity index (χ0v) is 14.4. The molecule has 0 unspecified atom stereocenters. The maximum absolute atomic E-state index is 12.2. The fourth-order valence-electron chi connectivity index (χ4n) is 2.40. The molecule has 0 saturated heterocycles. The van der Waals surface area contributed by atoms with Crippen LogP contribution in [0.15, 0.2) is 0 Å². The van der Waals surface area contributed by atoms with E-state index in [1.807, 2.05) is 0 Å². The first kappa shape index (κ1) is 19.5. The first-order valence-electron chi connectivity index (χ1n) is 8.89. The van der Waals surface area contributed by atoms with Crippen LogP contribution in [0.5, 0.6) is 0 Å². The van der Waals surface area contributed by atoms with Crippen LogP contribution in [0.1, 0.15) is 91.9 Å². The van der Waals surface area contributed by atoms with Crippen LogP contribution in [-0.2, 0) is 4.79 Å². The van der Waals surface area contributed by atoms with Gasteiger partial charge >= 0.3 is 0 Å². The molecule has 2 heteroatoms. The van der Waals surface area contributed by atoms with Gasteiger partial charge in [-0.25, -0.2) is 0 Å². The first-order chi connectivity index (χ1) is 9.61. The van der Waals surface area contributed by atoms with Crippen LogP contribution in [0.2, 0.25) is 0 Å². The highest BCUT2D eigenvalue weighted by atomic mass is 16.2. The number of carbonyl (C=O) groups is 1. The van der Waals surface area contributed by atoms with Crippen molar-refractivity contribution >= 4 is 5.91 Å². The lowest BCUT2D eigenvalue weighted by atomic mass is 10.0. The maximum atomic E-state index is 12.2. The lowest BCUT2D eigenvalue weighted by Gasteiger charge is -2.22. The van der Waals surface area contributed by atoms with Crippen LogP contribution in [-0.4, -0.2) is 23.9 Å². The van der Waals surface area contributed by atoms with E-state index in [4.69, 9.17) is 0 Å². The van der Waals surface area contributed by atoms with Gasteiger partial charge in [0.1, 0.15) is 0 Å². The van der Waals surface area contributed by atoms with Crippen LogP contribution in [0.4, 0.5) is 0 Å². The highest BCUT2D eigenvalue weighted by molar-refractivity contribution is 5.76. The number of rotatable bonds is 13. The molecule has 0 heterocycles. The molecule has 0 aliphatic rings. The third kappa shape index (κ3) is 11.3. The molecule has 0 aliphatic carbocycles. The summed E-state index contributed by atoms with van der Waals surface area (Å²) in [5.74, 6) is 1.20. The van der Waals surface area contributed by atoms with Crippen molar-refractivity contribution in [3.8, 4) is 0 Å². The molecule has 0 saturated carbocycles. The van der Waals surface area contributed by atoms with E-state index in [0.717, 1.165) is 44.7 Å². The van der Waals surface area contributed by atoms with Crippen molar-refractivity contribution in [2.24, 2.45) is 5.92 Å². The zero-order valence-electron chi connectivity index (χ0n) is 14.4. The Kier molecular flexibility index (Phi) is 13.1. The van der Waals surface area contributed by atoms with Gasteiger partial charge in [0.25, 0.3) is 0 Å². The summed E-state index contributed by atoms with van der Waals surface area (Å²) in [7, 11) is 0. The number of hydrogen-bond donors (Lipinski definition) is 0. The third-order valence-electron chi connectivity index (χ3n) is 3.84. The standard InChI is InChI=1S/C18H37NO/c1-5-7-15-19(16-8-6-2)18(20)14-12-10-9-11-13-17(3)4/h17H,5-16H2,1-4H3. The molecular formula is C18H37NO. The van der Waals surface area contributed by atoms with Crippen molar-refractivity contribution in [3.63, 3.8) is 0 Å². The van der Waals surface area contributed by atoms with E-state index >= 15 is 0 Å². The maximum Gasteiger partial charge on any atom is 0.222 e. The number of carbonyl (C=O) groups excluding carboxylic acids is 1. The van der Waals surface area contributed by atoms with Crippen molar-refractivity contribution < 1.29 is 4.79 Å². The number of hydrogen-bond acceptors (Lipinski definition) is 1. The molecule has 0 aromatic carbocycles. The minimum atomic E-state index is 0.385. The molecule has 20 heavy (non-hydrogen) atoms. The Morgan fingerprint density at radius 2 is 1.40 bits per heavy atom. The summed E-state index contributed by atoms with van der Waals surface area (Å²) in [6.45, 7) is 10.9. The van der Waals surface area contributed by atoms with Crippen molar-refractivity contribution in [3.05, 3.63) is 0 Å². The number of nitrogens with zero attached hydrogens (tertiary/aromatic N) is 1. The van der Waals surface area contributed by atoms with Gasteiger partial charge in [0.15, 0.2) is 0 Å². The largest absolute Gasteiger partial charge is 0.343 e. The summed E-state index contributed by atoms with van der Waals surface area (Å²) in [6.07, 6.45) is 11.6. The van der Waals surface area contributed by atoms with Crippen molar-refractivity contribution in [2.45, 2.75) is 91.9 Å².